The van der Waals surface area contributed by atoms with Gasteiger partial charge in [-0.3, -0.25) is 0 Å². The van der Waals surface area contributed by atoms with Gasteiger partial charge in [0.25, 0.3) is 0 Å². The molecule has 7 aromatic rings. The van der Waals surface area contributed by atoms with Gasteiger partial charge in [-0.15, -0.1) is 0 Å². The predicted molar refractivity (Wildman–Crippen MR) is 184 cm³/mol. The van der Waals surface area contributed by atoms with E-state index in [2.05, 4.69) is 193 Å². The lowest BCUT2D eigenvalue weighted by Gasteiger charge is -2.38. The van der Waals surface area contributed by atoms with Crippen molar-refractivity contribution in [2.75, 3.05) is 9.80 Å². The molecule has 3 heteroatoms. The standard InChI is InChI=1S/C40H35N3/c1-40(2,3)43(33-19-11-6-12-20-33)34-25-23-32(24-26-34)42-38-22-14-13-21-36(38)37-29-35(27-28-39(37)42)41(30-15-7-4-8-16-30)31-17-9-5-10-18-31/h4-29H,1-3H3. The van der Waals surface area contributed by atoms with Crippen LogP contribution in [0.5, 0.6) is 0 Å². The third-order valence-corrected chi connectivity index (χ3v) is 7.99. The number of fused-ring (bicyclic) bond motifs is 3. The second-order valence-electron chi connectivity index (χ2n) is 11.9. The molecule has 0 aliphatic heterocycles. The second-order valence-corrected chi connectivity index (χ2v) is 11.9. The molecule has 0 fully saturated rings. The van der Waals surface area contributed by atoms with E-state index in [9.17, 15) is 0 Å². The molecule has 0 aliphatic carbocycles. The Morgan fingerprint density at radius 2 is 0.884 bits per heavy atom. The highest BCUT2D eigenvalue weighted by Gasteiger charge is 2.24. The van der Waals surface area contributed by atoms with Crippen LogP contribution >= 0.6 is 0 Å². The smallest absolute Gasteiger partial charge is 0.0542 e. The van der Waals surface area contributed by atoms with Crippen molar-refractivity contribution in [2.24, 2.45) is 0 Å². The minimum atomic E-state index is -0.0739. The zero-order valence-electron chi connectivity index (χ0n) is 24.9. The normalized spacial score (nSPS) is 11.6. The molecular formula is C40H35N3. The Hall–Kier alpha value is -5.28. The molecule has 0 spiro atoms. The van der Waals surface area contributed by atoms with E-state index >= 15 is 0 Å². The van der Waals surface area contributed by atoms with Gasteiger partial charge in [0.05, 0.1) is 11.0 Å². The molecule has 7 rings (SSSR count). The van der Waals surface area contributed by atoms with Crippen molar-refractivity contribution in [1.82, 2.24) is 4.57 Å². The topological polar surface area (TPSA) is 11.4 Å². The molecule has 210 valence electrons. The number of benzene rings is 6. The number of anilines is 5. The first-order chi connectivity index (χ1) is 21.0. The van der Waals surface area contributed by atoms with Crippen LogP contribution in [0.4, 0.5) is 28.4 Å². The van der Waals surface area contributed by atoms with E-state index in [4.69, 9.17) is 0 Å². The highest BCUT2D eigenvalue weighted by atomic mass is 15.2. The van der Waals surface area contributed by atoms with Gasteiger partial charge in [-0.25, -0.2) is 0 Å². The predicted octanol–water partition coefficient (Wildman–Crippen LogP) is 11.2. The Labute approximate surface area is 253 Å². The van der Waals surface area contributed by atoms with Crippen LogP contribution in [0.15, 0.2) is 158 Å². The van der Waals surface area contributed by atoms with Crippen molar-refractivity contribution in [1.29, 1.82) is 0 Å². The lowest BCUT2D eigenvalue weighted by Crippen LogP contribution is -2.37. The maximum Gasteiger partial charge on any atom is 0.0542 e. The summed E-state index contributed by atoms with van der Waals surface area (Å²) in [5, 5.41) is 2.47. The number of aromatic nitrogens is 1. The first-order valence-corrected chi connectivity index (χ1v) is 14.9. The van der Waals surface area contributed by atoms with Crippen molar-refractivity contribution in [3.05, 3.63) is 158 Å². The van der Waals surface area contributed by atoms with E-state index in [0.29, 0.717) is 0 Å². The number of hydrogen-bond donors (Lipinski definition) is 0. The van der Waals surface area contributed by atoms with Crippen LogP contribution in [0.25, 0.3) is 27.5 Å². The summed E-state index contributed by atoms with van der Waals surface area (Å²) in [6.45, 7) is 6.77. The number of para-hydroxylation sites is 4. The molecule has 1 aromatic heterocycles. The summed E-state index contributed by atoms with van der Waals surface area (Å²) in [7, 11) is 0. The van der Waals surface area contributed by atoms with E-state index < -0.39 is 0 Å². The van der Waals surface area contributed by atoms with Gasteiger partial charge < -0.3 is 14.4 Å². The summed E-state index contributed by atoms with van der Waals surface area (Å²) in [5.74, 6) is 0. The van der Waals surface area contributed by atoms with Crippen LogP contribution in [0.1, 0.15) is 20.8 Å². The average Bonchev–Trinajstić information content (AvgIpc) is 3.36. The van der Waals surface area contributed by atoms with E-state index in [1.807, 2.05) is 0 Å². The Bertz CT molecular complexity index is 1950. The van der Waals surface area contributed by atoms with Crippen molar-refractivity contribution in [2.45, 2.75) is 26.3 Å². The van der Waals surface area contributed by atoms with Gasteiger partial charge in [-0.1, -0.05) is 72.8 Å². The van der Waals surface area contributed by atoms with E-state index in [1.54, 1.807) is 0 Å². The van der Waals surface area contributed by atoms with Gasteiger partial charge in [0.1, 0.15) is 0 Å². The summed E-state index contributed by atoms with van der Waals surface area (Å²) >= 11 is 0. The summed E-state index contributed by atoms with van der Waals surface area (Å²) in [4.78, 5) is 4.72. The fraction of sp³-hybridized carbons (Fsp3) is 0.100. The highest BCUT2D eigenvalue weighted by Crippen LogP contribution is 2.40. The quantitative estimate of drug-likeness (QED) is 0.201. The van der Waals surface area contributed by atoms with E-state index in [1.165, 1.54) is 33.2 Å². The molecule has 1 heterocycles. The van der Waals surface area contributed by atoms with Crippen LogP contribution in [0.2, 0.25) is 0 Å². The SMILES string of the molecule is CC(C)(C)N(c1ccccc1)c1ccc(-n2c3ccccc3c3cc(N(c4ccccc4)c4ccccc4)ccc32)cc1. The molecule has 0 saturated heterocycles. The third-order valence-electron chi connectivity index (χ3n) is 7.99. The summed E-state index contributed by atoms with van der Waals surface area (Å²) < 4.78 is 2.39. The molecule has 43 heavy (non-hydrogen) atoms. The summed E-state index contributed by atoms with van der Waals surface area (Å²) in [6.07, 6.45) is 0. The average molecular weight is 558 g/mol. The van der Waals surface area contributed by atoms with Crippen LogP contribution < -0.4 is 9.80 Å². The van der Waals surface area contributed by atoms with Crippen molar-refractivity contribution < 1.29 is 0 Å². The zero-order valence-corrected chi connectivity index (χ0v) is 24.9. The minimum Gasteiger partial charge on any atom is -0.336 e. The molecule has 0 bridgehead atoms. The van der Waals surface area contributed by atoms with Gasteiger partial charge in [-0.05, 0) is 106 Å². The monoisotopic (exact) mass is 557 g/mol. The molecule has 0 radical (unpaired) electrons. The van der Waals surface area contributed by atoms with Gasteiger partial charge in [0, 0.05) is 50.4 Å². The van der Waals surface area contributed by atoms with Gasteiger partial charge in [0.2, 0.25) is 0 Å². The number of hydrogen-bond acceptors (Lipinski definition) is 2. The van der Waals surface area contributed by atoms with Gasteiger partial charge >= 0.3 is 0 Å². The Balaban J connectivity index is 1.36. The molecule has 6 aromatic carbocycles. The fourth-order valence-corrected chi connectivity index (χ4v) is 6.23. The summed E-state index contributed by atoms with van der Waals surface area (Å²) in [6, 6.07) is 56.3. The molecular weight excluding hydrogens is 522 g/mol. The largest absolute Gasteiger partial charge is 0.336 e. The van der Waals surface area contributed by atoms with Crippen molar-refractivity contribution >= 4 is 50.2 Å². The third kappa shape index (κ3) is 4.93. The Kier molecular flexibility index (Phi) is 6.71. The highest BCUT2D eigenvalue weighted by molar-refractivity contribution is 6.10. The number of rotatable bonds is 6. The molecule has 0 atom stereocenters. The molecule has 0 saturated carbocycles. The first-order valence-electron chi connectivity index (χ1n) is 14.9. The summed E-state index contributed by atoms with van der Waals surface area (Å²) in [5.41, 5.74) is 9.22. The van der Waals surface area contributed by atoms with Crippen LogP contribution in [0, 0.1) is 0 Å². The van der Waals surface area contributed by atoms with Gasteiger partial charge in [0.15, 0.2) is 0 Å². The molecule has 0 N–H and O–H groups in total. The molecule has 3 nitrogen and oxygen atoms in total. The lowest BCUT2D eigenvalue weighted by atomic mass is 10.0. The molecule has 0 amide bonds. The Morgan fingerprint density at radius 3 is 1.47 bits per heavy atom. The fourth-order valence-electron chi connectivity index (χ4n) is 6.23. The lowest BCUT2D eigenvalue weighted by molar-refractivity contribution is 0.560. The van der Waals surface area contributed by atoms with Crippen molar-refractivity contribution in [3.63, 3.8) is 0 Å². The minimum absolute atomic E-state index is 0.0739. The van der Waals surface area contributed by atoms with Crippen molar-refractivity contribution in [3.8, 4) is 5.69 Å². The Morgan fingerprint density at radius 1 is 0.419 bits per heavy atom. The second kappa shape index (κ2) is 10.8. The first kappa shape index (κ1) is 26.6. The van der Waals surface area contributed by atoms with E-state index in [-0.39, 0.29) is 5.54 Å². The number of nitrogens with zero attached hydrogens (tertiary/aromatic N) is 3. The zero-order chi connectivity index (χ0) is 29.4. The maximum atomic E-state index is 2.40. The van der Waals surface area contributed by atoms with Crippen LogP contribution in [-0.4, -0.2) is 10.1 Å². The molecule has 0 aliphatic rings. The van der Waals surface area contributed by atoms with Crippen LogP contribution in [-0.2, 0) is 0 Å². The van der Waals surface area contributed by atoms with Crippen LogP contribution in [0.3, 0.4) is 0 Å². The van der Waals surface area contributed by atoms with Gasteiger partial charge in [-0.2, -0.15) is 0 Å². The maximum absolute atomic E-state index is 2.40. The molecule has 0 unspecified atom stereocenters. The van der Waals surface area contributed by atoms with E-state index in [0.717, 1.165) is 22.7 Å².